The first-order valence-corrected chi connectivity index (χ1v) is 6.09. The predicted molar refractivity (Wildman–Crippen MR) is 71.2 cm³/mol. The molecule has 1 N–H and O–H groups in total. The van der Waals surface area contributed by atoms with E-state index in [1.165, 1.54) is 0 Å². The molecule has 1 aromatic carbocycles. The van der Waals surface area contributed by atoms with Gasteiger partial charge in [0, 0.05) is 18.4 Å². The second-order valence-corrected chi connectivity index (χ2v) is 4.69. The molecule has 3 nitrogen and oxygen atoms in total. The van der Waals surface area contributed by atoms with Crippen LogP contribution in [0.2, 0.25) is 0 Å². The van der Waals surface area contributed by atoms with Gasteiger partial charge in [-0.3, -0.25) is 4.79 Å². The van der Waals surface area contributed by atoms with Crippen molar-refractivity contribution in [3.8, 4) is 12.3 Å². The molecule has 1 saturated carbocycles. The molecular formula is C15H17NO2. The van der Waals surface area contributed by atoms with Crippen LogP contribution in [0.1, 0.15) is 31.2 Å². The summed E-state index contributed by atoms with van der Waals surface area (Å²) in [6.45, 7) is 0. The van der Waals surface area contributed by atoms with E-state index in [0.717, 1.165) is 30.5 Å². The molecule has 3 heteroatoms. The van der Waals surface area contributed by atoms with E-state index in [9.17, 15) is 4.79 Å². The molecule has 1 aliphatic carbocycles. The van der Waals surface area contributed by atoms with Crippen LogP contribution in [0.15, 0.2) is 24.3 Å². The van der Waals surface area contributed by atoms with Crippen molar-refractivity contribution in [2.45, 2.75) is 31.3 Å². The van der Waals surface area contributed by atoms with E-state index in [1.807, 2.05) is 18.2 Å². The Morgan fingerprint density at radius 1 is 1.56 bits per heavy atom. The zero-order valence-corrected chi connectivity index (χ0v) is 10.5. The molecule has 2 rings (SSSR count). The smallest absolute Gasteiger partial charge is 0.227 e. The second kappa shape index (κ2) is 5.24. The van der Waals surface area contributed by atoms with E-state index < -0.39 is 0 Å². The highest BCUT2D eigenvalue weighted by Crippen LogP contribution is 2.38. The van der Waals surface area contributed by atoms with Crippen molar-refractivity contribution in [2.75, 3.05) is 12.4 Å². The fourth-order valence-corrected chi connectivity index (χ4v) is 2.21. The van der Waals surface area contributed by atoms with Crippen molar-refractivity contribution >= 4 is 11.6 Å². The molecule has 0 bridgehead atoms. The van der Waals surface area contributed by atoms with E-state index >= 15 is 0 Å². The Kier molecular flexibility index (Phi) is 3.69. The second-order valence-electron chi connectivity index (χ2n) is 4.69. The van der Waals surface area contributed by atoms with E-state index in [1.54, 1.807) is 13.2 Å². The van der Waals surface area contributed by atoms with Crippen LogP contribution in [0.5, 0.6) is 0 Å². The van der Waals surface area contributed by atoms with Gasteiger partial charge < -0.3 is 10.1 Å². The van der Waals surface area contributed by atoms with Crippen LogP contribution in [-0.4, -0.2) is 18.6 Å². The molecule has 0 aliphatic heterocycles. The number of hydrogen-bond donors (Lipinski definition) is 1. The molecule has 18 heavy (non-hydrogen) atoms. The summed E-state index contributed by atoms with van der Waals surface area (Å²) in [6.07, 6.45) is 8.78. The number of nitrogens with one attached hydrogen (secondary N) is 1. The Morgan fingerprint density at radius 3 is 2.89 bits per heavy atom. The summed E-state index contributed by atoms with van der Waals surface area (Å²) in [5, 5.41) is 2.86. The highest BCUT2D eigenvalue weighted by Gasteiger charge is 2.38. The zero-order chi connectivity index (χ0) is 13.0. The molecule has 1 aromatic rings. The van der Waals surface area contributed by atoms with Crippen molar-refractivity contribution in [3.05, 3.63) is 29.8 Å². The molecule has 0 saturated heterocycles. The van der Waals surface area contributed by atoms with Crippen molar-refractivity contribution in [3.63, 3.8) is 0 Å². The normalized spacial score (nSPS) is 16.4. The lowest BCUT2D eigenvalue weighted by atomic mass is 9.77. The predicted octanol–water partition coefficient (Wildman–Crippen LogP) is 2.57. The molecule has 0 atom stereocenters. The Hall–Kier alpha value is -1.79. The lowest BCUT2D eigenvalue weighted by Gasteiger charge is -2.39. The minimum absolute atomic E-state index is 0.0225. The lowest BCUT2D eigenvalue weighted by Crippen LogP contribution is -2.42. The van der Waals surface area contributed by atoms with Gasteiger partial charge in [-0.2, -0.15) is 0 Å². The number of terminal acetylenes is 1. The van der Waals surface area contributed by atoms with E-state index in [0.29, 0.717) is 6.42 Å². The van der Waals surface area contributed by atoms with E-state index in [2.05, 4.69) is 11.2 Å². The van der Waals surface area contributed by atoms with Crippen LogP contribution in [0.25, 0.3) is 0 Å². The van der Waals surface area contributed by atoms with Gasteiger partial charge in [0.25, 0.3) is 0 Å². The van der Waals surface area contributed by atoms with Crippen LogP contribution < -0.4 is 5.32 Å². The van der Waals surface area contributed by atoms with Gasteiger partial charge in [0.2, 0.25) is 5.91 Å². The van der Waals surface area contributed by atoms with Crippen LogP contribution in [0, 0.1) is 12.3 Å². The van der Waals surface area contributed by atoms with E-state index in [4.69, 9.17) is 11.2 Å². The summed E-state index contributed by atoms with van der Waals surface area (Å²) in [5.41, 5.74) is 1.26. The third kappa shape index (κ3) is 2.72. The first-order valence-electron chi connectivity index (χ1n) is 6.09. The average Bonchev–Trinajstić information content (AvgIpc) is 2.34. The van der Waals surface area contributed by atoms with E-state index in [-0.39, 0.29) is 11.5 Å². The maximum absolute atomic E-state index is 11.9. The largest absolute Gasteiger partial charge is 0.378 e. The van der Waals surface area contributed by atoms with Crippen LogP contribution in [-0.2, 0) is 9.53 Å². The zero-order valence-electron chi connectivity index (χ0n) is 10.5. The molecular weight excluding hydrogens is 226 g/mol. The number of carbonyl (C=O) groups excluding carboxylic acids is 1. The van der Waals surface area contributed by atoms with Crippen molar-refractivity contribution in [2.24, 2.45) is 0 Å². The number of hydrogen-bond acceptors (Lipinski definition) is 2. The standard InChI is InChI=1S/C15H17NO2/c1-3-12-6-4-7-13(10-12)16-14(17)11-15(18-2)8-5-9-15/h1,4,6-7,10H,5,8-9,11H2,2H3,(H,16,17). The maximum Gasteiger partial charge on any atom is 0.227 e. The first-order chi connectivity index (χ1) is 8.67. The fourth-order valence-electron chi connectivity index (χ4n) is 2.21. The molecule has 1 aliphatic rings. The van der Waals surface area contributed by atoms with Gasteiger partial charge in [-0.1, -0.05) is 12.0 Å². The minimum Gasteiger partial charge on any atom is -0.378 e. The SMILES string of the molecule is C#Cc1cccc(NC(=O)CC2(OC)CCC2)c1. The lowest BCUT2D eigenvalue weighted by molar-refractivity contribution is -0.129. The molecule has 0 spiro atoms. The number of ether oxygens (including phenoxy) is 1. The third-order valence-electron chi connectivity index (χ3n) is 3.49. The number of amides is 1. The summed E-state index contributed by atoms with van der Waals surface area (Å²) in [4.78, 5) is 11.9. The van der Waals surface area contributed by atoms with Crippen LogP contribution in [0.3, 0.4) is 0 Å². The maximum atomic E-state index is 11.9. The molecule has 0 aromatic heterocycles. The number of rotatable bonds is 4. The quantitative estimate of drug-likeness (QED) is 0.825. The molecule has 94 valence electrons. The Labute approximate surface area is 108 Å². The summed E-state index contributed by atoms with van der Waals surface area (Å²) < 4.78 is 5.43. The van der Waals surface area contributed by atoms with Gasteiger partial charge in [-0.05, 0) is 37.5 Å². The summed E-state index contributed by atoms with van der Waals surface area (Å²) in [6, 6.07) is 7.29. The van der Waals surface area contributed by atoms with Gasteiger partial charge in [-0.15, -0.1) is 6.42 Å². The first kappa shape index (κ1) is 12.7. The van der Waals surface area contributed by atoms with Crippen molar-refractivity contribution in [1.29, 1.82) is 0 Å². The molecule has 0 radical (unpaired) electrons. The molecule has 1 fully saturated rings. The van der Waals surface area contributed by atoms with Crippen molar-refractivity contribution < 1.29 is 9.53 Å². The van der Waals surface area contributed by atoms with Gasteiger partial charge in [-0.25, -0.2) is 0 Å². The van der Waals surface area contributed by atoms with Crippen LogP contribution >= 0.6 is 0 Å². The monoisotopic (exact) mass is 243 g/mol. The number of anilines is 1. The van der Waals surface area contributed by atoms with Gasteiger partial charge in [0.05, 0.1) is 12.0 Å². The van der Waals surface area contributed by atoms with Gasteiger partial charge in [0.15, 0.2) is 0 Å². The highest BCUT2D eigenvalue weighted by atomic mass is 16.5. The summed E-state index contributed by atoms with van der Waals surface area (Å²) >= 11 is 0. The molecule has 0 unspecified atom stereocenters. The fraction of sp³-hybridized carbons (Fsp3) is 0.400. The number of benzene rings is 1. The Morgan fingerprint density at radius 2 is 2.33 bits per heavy atom. The third-order valence-corrected chi connectivity index (χ3v) is 3.49. The summed E-state index contributed by atoms with van der Waals surface area (Å²) in [7, 11) is 1.67. The number of methoxy groups -OCH3 is 1. The number of carbonyl (C=O) groups is 1. The van der Waals surface area contributed by atoms with Crippen LogP contribution in [0.4, 0.5) is 5.69 Å². The van der Waals surface area contributed by atoms with Gasteiger partial charge >= 0.3 is 0 Å². The molecule has 0 heterocycles. The highest BCUT2D eigenvalue weighted by molar-refractivity contribution is 5.91. The van der Waals surface area contributed by atoms with Gasteiger partial charge in [0.1, 0.15) is 0 Å². The Bertz CT molecular complexity index is 478. The minimum atomic E-state index is -0.242. The average molecular weight is 243 g/mol. The molecule has 1 amide bonds. The topological polar surface area (TPSA) is 38.3 Å². The Balaban J connectivity index is 1.97. The van der Waals surface area contributed by atoms with Crippen molar-refractivity contribution in [1.82, 2.24) is 0 Å². The summed E-state index contributed by atoms with van der Waals surface area (Å²) in [5.74, 6) is 2.52.